The van der Waals surface area contributed by atoms with Gasteiger partial charge < -0.3 is 19.5 Å². The number of carbonyl (C=O) groups excluding carboxylic acids is 1. The molecule has 0 radical (unpaired) electrons. The van der Waals surface area contributed by atoms with Crippen molar-refractivity contribution in [2.24, 2.45) is 5.92 Å². The molecule has 226 valence electrons. The molecule has 12 heteroatoms. The van der Waals surface area contributed by atoms with Gasteiger partial charge in [-0.2, -0.15) is 0 Å². The first-order chi connectivity index (χ1) is 21.2. The summed E-state index contributed by atoms with van der Waals surface area (Å²) < 4.78 is 47.5. The summed E-state index contributed by atoms with van der Waals surface area (Å²) in [7, 11) is 3.00. The molecule has 0 atom stereocenters. The Morgan fingerprint density at radius 1 is 0.955 bits per heavy atom. The highest BCUT2D eigenvalue weighted by Crippen LogP contribution is 2.37. The second-order valence-corrected chi connectivity index (χ2v) is 10.3. The van der Waals surface area contributed by atoms with Crippen molar-refractivity contribution in [1.82, 2.24) is 14.1 Å². The van der Waals surface area contributed by atoms with E-state index < -0.39 is 28.8 Å². The van der Waals surface area contributed by atoms with Gasteiger partial charge in [-0.15, -0.1) is 0 Å². The van der Waals surface area contributed by atoms with E-state index >= 15 is 4.39 Å². The van der Waals surface area contributed by atoms with Crippen LogP contribution in [-0.2, 0) is 6.54 Å². The van der Waals surface area contributed by atoms with Gasteiger partial charge in [0.1, 0.15) is 17.1 Å². The maximum absolute atomic E-state index is 15.2. The van der Waals surface area contributed by atoms with Crippen LogP contribution in [0.5, 0.6) is 23.0 Å². The van der Waals surface area contributed by atoms with Crippen LogP contribution in [0.4, 0.5) is 14.5 Å². The number of halogens is 2. The predicted octanol–water partition coefficient (Wildman–Crippen LogP) is 5.54. The minimum atomic E-state index is -0.886. The van der Waals surface area contributed by atoms with E-state index in [-0.39, 0.29) is 30.0 Å². The molecule has 2 aromatic heterocycles. The molecule has 0 spiro atoms. The van der Waals surface area contributed by atoms with E-state index in [9.17, 15) is 18.8 Å². The third-order valence-corrected chi connectivity index (χ3v) is 7.25. The smallest absolute Gasteiger partial charge is 0.335 e. The van der Waals surface area contributed by atoms with Gasteiger partial charge in [-0.25, -0.2) is 18.1 Å². The summed E-state index contributed by atoms with van der Waals surface area (Å²) in [6.07, 6.45) is 4.57. The molecular weight excluding hydrogens is 574 g/mol. The second-order valence-electron chi connectivity index (χ2n) is 10.3. The van der Waals surface area contributed by atoms with Crippen molar-refractivity contribution in [3.8, 4) is 28.7 Å². The lowest BCUT2D eigenvalue weighted by Gasteiger charge is -2.14. The summed E-state index contributed by atoms with van der Waals surface area (Å²) in [5.41, 5.74) is -1.14. The Labute approximate surface area is 250 Å². The van der Waals surface area contributed by atoms with Crippen LogP contribution in [0.15, 0.2) is 82.6 Å². The number of amides is 1. The molecule has 1 N–H and O–H groups in total. The number of aromatic nitrogens is 3. The number of fused-ring (bicyclic) bond motifs is 1. The summed E-state index contributed by atoms with van der Waals surface area (Å²) in [5.74, 6) is -0.805. The number of ether oxygens (including phenoxy) is 3. The van der Waals surface area contributed by atoms with Crippen molar-refractivity contribution in [2.45, 2.75) is 19.4 Å². The molecule has 0 aliphatic heterocycles. The monoisotopic (exact) mass is 602 g/mol. The molecule has 2 heterocycles. The number of rotatable bonds is 9. The lowest BCUT2D eigenvalue weighted by molar-refractivity contribution is 0.102. The highest BCUT2D eigenvalue weighted by molar-refractivity contribution is 6.04. The fourth-order valence-electron chi connectivity index (χ4n) is 4.80. The van der Waals surface area contributed by atoms with Crippen LogP contribution in [0.3, 0.4) is 0 Å². The number of anilines is 1. The van der Waals surface area contributed by atoms with Crippen molar-refractivity contribution in [1.29, 1.82) is 0 Å². The largest absolute Gasteiger partial charge is 0.493 e. The van der Waals surface area contributed by atoms with Gasteiger partial charge in [0.05, 0.1) is 25.4 Å². The van der Waals surface area contributed by atoms with Crippen LogP contribution in [0, 0.1) is 17.6 Å². The van der Waals surface area contributed by atoms with Gasteiger partial charge in [-0.05, 0) is 67.3 Å². The van der Waals surface area contributed by atoms with E-state index in [4.69, 9.17) is 14.2 Å². The first-order valence-electron chi connectivity index (χ1n) is 13.7. The zero-order valence-corrected chi connectivity index (χ0v) is 23.7. The minimum Gasteiger partial charge on any atom is -0.493 e. The van der Waals surface area contributed by atoms with Gasteiger partial charge in [0, 0.05) is 43.6 Å². The summed E-state index contributed by atoms with van der Waals surface area (Å²) >= 11 is 0. The molecule has 0 bridgehead atoms. The third-order valence-electron chi connectivity index (χ3n) is 7.25. The highest BCUT2D eigenvalue weighted by atomic mass is 19.1. The van der Waals surface area contributed by atoms with Crippen LogP contribution in [0.25, 0.3) is 16.6 Å². The van der Waals surface area contributed by atoms with E-state index in [0.717, 1.165) is 35.6 Å². The average Bonchev–Trinajstić information content (AvgIpc) is 3.84. The molecule has 1 fully saturated rings. The summed E-state index contributed by atoms with van der Waals surface area (Å²) in [6.45, 7) is 0.323. The van der Waals surface area contributed by atoms with E-state index in [0.29, 0.717) is 34.7 Å². The second kappa shape index (κ2) is 11.6. The molecular formula is C32H28F2N4O6. The molecule has 1 saturated carbocycles. The number of nitrogens with one attached hydrogen (secondary N) is 1. The predicted molar refractivity (Wildman–Crippen MR) is 160 cm³/mol. The standard InChI is InChI=1S/C32H26F2N4O6.H2/c1-42-28-14-22-25(15-29(28)43-2)35-12-11-26(22)44-27-10-7-20(13-24(27)34)36-30(39)23-17-37(16-18-3-4-18)32(41)38(31(23)40)21-8-5-19(33)6-9-21;/h5-15,17-18H,3-4,16H2,1-2H3,(H,36,39);1H. The summed E-state index contributed by atoms with van der Waals surface area (Å²) in [6, 6.07) is 13.5. The van der Waals surface area contributed by atoms with Gasteiger partial charge in [0.25, 0.3) is 11.5 Å². The van der Waals surface area contributed by atoms with Crippen molar-refractivity contribution >= 4 is 22.5 Å². The Morgan fingerprint density at radius 3 is 2.36 bits per heavy atom. The molecule has 0 saturated heterocycles. The van der Waals surface area contributed by atoms with Gasteiger partial charge in [0.2, 0.25) is 0 Å². The van der Waals surface area contributed by atoms with Crippen LogP contribution in [0.2, 0.25) is 0 Å². The molecule has 3 aromatic carbocycles. The lowest BCUT2D eigenvalue weighted by atomic mass is 10.1. The topological polar surface area (TPSA) is 114 Å². The number of pyridine rings is 1. The molecule has 1 aliphatic rings. The molecule has 1 aliphatic carbocycles. The fraction of sp³-hybridized carbons (Fsp3) is 0.188. The van der Waals surface area contributed by atoms with E-state index in [2.05, 4.69) is 10.3 Å². The zero-order chi connectivity index (χ0) is 31.0. The molecule has 10 nitrogen and oxygen atoms in total. The van der Waals surface area contributed by atoms with Crippen LogP contribution >= 0.6 is 0 Å². The Morgan fingerprint density at radius 2 is 1.68 bits per heavy atom. The van der Waals surface area contributed by atoms with Crippen molar-refractivity contribution in [3.05, 3.63) is 111 Å². The van der Waals surface area contributed by atoms with Crippen LogP contribution in [0.1, 0.15) is 24.6 Å². The highest BCUT2D eigenvalue weighted by Gasteiger charge is 2.25. The number of methoxy groups -OCH3 is 2. The number of carbonyl (C=O) groups is 1. The number of benzene rings is 3. The Bertz CT molecular complexity index is 2030. The van der Waals surface area contributed by atoms with E-state index in [1.807, 2.05) is 0 Å². The van der Waals surface area contributed by atoms with Crippen LogP contribution < -0.4 is 30.8 Å². The molecule has 0 unspecified atom stereocenters. The Balaban J connectivity index is 0.00000400. The maximum atomic E-state index is 15.2. The number of hydrogen-bond donors (Lipinski definition) is 1. The molecule has 6 rings (SSSR count). The van der Waals surface area contributed by atoms with Crippen molar-refractivity contribution in [2.75, 3.05) is 19.5 Å². The van der Waals surface area contributed by atoms with Gasteiger partial charge in [0.15, 0.2) is 23.1 Å². The van der Waals surface area contributed by atoms with Crippen molar-refractivity contribution < 1.29 is 29.2 Å². The molecule has 1 amide bonds. The lowest BCUT2D eigenvalue weighted by Crippen LogP contribution is -2.42. The Hall–Kier alpha value is -5.52. The summed E-state index contributed by atoms with van der Waals surface area (Å²) in [4.78, 5) is 44.1. The zero-order valence-electron chi connectivity index (χ0n) is 23.7. The first kappa shape index (κ1) is 28.6. The van der Waals surface area contributed by atoms with Gasteiger partial charge in [-0.1, -0.05) is 0 Å². The van der Waals surface area contributed by atoms with Crippen LogP contribution in [-0.4, -0.2) is 34.2 Å². The Kier molecular flexibility index (Phi) is 7.56. The molecule has 44 heavy (non-hydrogen) atoms. The fourth-order valence-corrected chi connectivity index (χ4v) is 4.80. The van der Waals surface area contributed by atoms with E-state index in [1.165, 1.54) is 55.4 Å². The van der Waals surface area contributed by atoms with E-state index in [1.54, 1.807) is 18.2 Å². The number of hydrogen-bond acceptors (Lipinski definition) is 7. The van der Waals surface area contributed by atoms with Gasteiger partial charge in [-0.3, -0.25) is 19.1 Å². The van der Waals surface area contributed by atoms with Gasteiger partial charge >= 0.3 is 5.69 Å². The molecule has 5 aromatic rings. The maximum Gasteiger partial charge on any atom is 0.335 e. The third kappa shape index (κ3) is 5.61. The normalized spacial score (nSPS) is 12.6. The first-order valence-corrected chi connectivity index (χ1v) is 13.7. The average molecular weight is 603 g/mol. The SMILES string of the molecule is COc1cc2nccc(Oc3ccc(NC(=O)c4cn(CC5CC5)c(=O)n(-c5ccc(F)cc5)c4=O)cc3F)c2cc1OC.[HH]. The quantitative estimate of drug-likeness (QED) is 0.236. The summed E-state index contributed by atoms with van der Waals surface area (Å²) in [5, 5.41) is 3.08. The number of nitrogens with zero attached hydrogens (tertiary/aromatic N) is 3. The minimum absolute atomic E-state index is 0. The van der Waals surface area contributed by atoms with Crippen molar-refractivity contribution in [3.63, 3.8) is 0 Å².